The molecule has 0 spiro atoms. The standard InChI is InChI=1S/C11H8N4S/c1-8-4-6-14-11(15-8)16-10-9(7-12)3-2-5-13-10/h2-6H,1H3. The molecule has 5 heteroatoms. The summed E-state index contributed by atoms with van der Waals surface area (Å²) >= 11 is 1.30. The summed E-state index contributed by atoms with van der Waals surface area (Å²) in [5.41, 5.74) is 1.43. The first-order valence-corrected chi connectivity index (χ1v) is 5.44. The van der Waals surface area contributed by atoms with Gasteiger partial charge in [-0.15, -0.1) is 0 Å². The molecule has 0 bridgehead atoms. The molecule has 2 aromatic rings. The second-order valence-corrected chi connectivity index (χ2v) is 4.01. The molecule has 0 atom stereocenters. The first-order chi connectivity index (χ1) is 7.79. The van der Waals surface area contributed by atoms with Crippen molar-refractivity contribution in [3.05, 3.63) is 41.9 Å². The van der Waals surface area contributed by atoms with Crippen LogP contribution in [0.1, 0.15) is 11.3 Å². The van der Waals surface area contributed by atoms with Crippen LogP contribution in [-0.2, 0) is 0 Å². The SMILES string of the molecule is Cc1ccnc(Sc2ncccc2C#N)n1. The third kappa shape index (κ3) is 2.35. The smallest absolute Gasteiger partial charge is 0.194 e. The summed E-state index contributed by atoms with van der Waals surface area (Å²) < 4.78 is 0. The van der Waals surface area contributed by atoms with Gasteiger partial charge in [-0.3, -0.25) is 0 Å². The van der Waals surface area contributed by atoms with Crippen LogP contribution in [0.2, 0.25) is 0 Å². The molecule has 0 radical (unpaired) electrons. The molecule has 0 saturated carbocycles. The van der Waals surface area contributed by atoms with Crippen LogP contribution >= 0.6 is 11.8 Å². The molecule has 0 aliphatic heterocycles. The maximum atomic E-state index is 8.91. The molecule has 78 valence electrons. The zero-order chi connectivity index (χ0) is 11.4. The molecule has 2 rings (SSSR count). The quantitative estimate of drug-likeness (QED) is 0.737. The molecule has 0 unspecified atom stereocenters. The number of nitrogens with zero attached hydrogens (tertiary/aromatic N) is 4. The van der Waals surface area contributed by atoms with Crippen LogP contribution in [0.5, 0.6) is 0 Å². The fourth-order valence-electron chi connectivity index (χ4n) is 1.12. The third-order valence-corrected chi connectivity index (χ3v) is 2.75. The van der Waals surface area contributed by atoms with Crippen molar-refractivity contribution in [2.75, 3.05) is 0 Å². The lowest BCUT2D eigenvalue weighted by Crippen LogP contribution is -1.91. The van der Waals surface area contributed by atoms with Gasteiger partial charge < -0.3 is 0 Å². The highest BCUT2D eigenvalue weighted by Gasteiger charge is 2.06. The van der Waals surface area contributed by atoms with Crippen molar-refractivity contribution in [2.45, 2.75) is 17.1 Å². The Hall–Kier alpha value is -1.93. The molecule has 0 saturated heterocycles. The van der Waals surface area contributed by atoms with Crippen LogP contribution in [0.3, 0.4) is 0 Å². The van der Waals surface area contributed by atoms with Gasteiger partial charge in [0.15, 0.2) is 5.16 Å². The normalized spacial score (nSPS) is 9.75. The van der Waals surface area contributed by atoms with Gasteiger partial charge in [-0.05, 0) is 36.9 Å². The van der Waals surface area contributed by atoms with Crippen LogP contribution in [0.25, 0.3) is 0 Å². The highest BCUT2D eigenvalue weighted by molar-refractivity contribution is 7.99. The van der Waals surface area contributed by atoms with Gasteiger partial charge in [0.25, 0.3) is 0 Å². The van der Waals surface area contributed by atoms with Gasteiger partial charge in [0, 0.05) is 18.1 Å². The van der Waals surface area contributed by atoms with E-state index >= 15 is 0 Å². The highest BCUT2D eigenvalue weighted by Crippen LogP contribution is 2.24. The summed E-state index contributed by atoms with van der Waals surface area (Å²) in [4.78, 5) is 12.5. The highest BCUT2D eigenvalue weighted by atomic mass is 32.2. The van der Waals surface area contributed by atoms with E-state index in [1.54, 1.807) is 24.5 Å². The van der Waals surface area contributed by atoms with E-state index in [1.165, 1.54) is 11.8 Å². The number of hydrogen-bond donors (Lipinski definition) is 0. The van der Waals surface area contributed by atoms with Crippen molar-refractivity contribution in [1.29, 1.82) is 5.26 Å². The van der Waals surface area contributed by atoms with Gasteiger partial charge in [-0.2, -0.15) is 5.26 Å². The zero-order valence-corrected chi connectivity index (χ0v) is 9.40. The van der Waals surface area contributed by atoms with E-state index in [0.717, 1.165) is 5.69 Å². The van der Waals surface area contributed by atoms with E-state index in [2.05, 4.69) is 21.0 Å². The van der Waals surface area contributed by atoms with E-state index in [0.29, 0.717) is 15.7 Å². The molecule has 0 amide bonds. The van der Waals surface area contributed by atoms with Crippen molar-refractivity contribution < 1.29 is 0 Å². The Morgan fingerprint density at radius 3 is 2.88 bits per heavy atom. The number of aromatic nitrogens is 3. The van der Waals surface area contributed by atoms with Gasteiger partial charge in [0.05, 0.1) is 5.56 Å². The van der Waals surface area contributed by atoms with Crippen LogP contribution < -0.4 is 0 Å². The van der Waals surface area contributed by atoms with Gasteiger partial charge in [0.2, 0.25) is 0 Å². The zero-order valence-electron chi connectivity index (χ0n) is 8.58. The summed E-state index contributed by atoms with van der Waals surface area (Å²) in [7, 11) is 0. The predicted octanol–water partition coefficient (Wildman–Crippen LogP) is 2.20. The molecule has 4 nitrogen and oxygen atoms in total. The number of pyridine rings is 1. The monoisotopic (exact) mass is 228 g/mol. The molecule has 0 N–H and O–H groups in total. The van der Waals surface area contributed by atoms with Gasteiger partial charge in [-0.25, -0.2) is 15.0 Å². The minimum atomic E-state index is 0.539. The van der Waals surface area contributed by atoms with E-state index < -0.39 is 0 Å². The molecule has 0 aliphatic rings. The van der Waals surface area contributed by atoms with Crippen molar-refractivity contribution >= 4 is 11.8 Å². The average molecular weight is 228 g/mol. The summed E-state index contributed by atoms with van der Waals surface area (Å²) in [5, 5.41) is 10.1. The van der Waals surface area contributed by atoms with E-state index in [9.17, 15) is 0 Å². The molecule has 0 aliphatic carbocycles. The van der Waals surface area contributed by atoms with E-state index in [1.807, 2.05) is 13.0 Å². The summed E-state index contributed by atoms with van der Waals surface area (Å²) in [6.07, 6.45) is 3.35. The molecule has 0 fully saturated rings. The molecule has 2 heterocycles. The van der Waals surface area contributed by atoms with Crippen LogP contribution in [-0.4, -0.2) is 15.0 Å². The van der Waals surface area contributed by atoms with Crippen LogP contribution in [0.4, 0.5) is 0 Å². The van der Waals surface area contributed by atoms with Gasteiger partial charge in [-0.1, -0.05) is 0 Å². The first kappa shape index (κ1) is 10.6. The third-order valence-electron chi connectivity index (χ3n) is 1.85. The lowest BCUT2D eigenvalue weighted by Gasteiger charge is -2.01. The number of nitriles is 1. The fourth-order valence-corrected chi connectivity index (χ4v) is 1.93. The first-order valence-electron chi connectivity index (χ1n) is 4.62. The molecular formula is C11H8N4S. The minimum absolute atomic E-state index is 0.539. The summed E-state index contributed by atoms with van der Waals surface area (Å²) in [6, 6.07) is 7.38. The fraction of sp³-hybridized carbons (Fsp3) is 0.0909. The second-order valence-electron chi connectivity index (χ2n) is 3.05. The molecule has 16 heavy (non-hydrogen) atoms. The topological polar surface area (TPSA) is 62.5 Å². The Kier molecular flexibility index (Phi) is 3.13. The average Bonchev–Trinajstić information content (AvgIpc) is 2.30. The summed E-state index contributed by atoms with van der Waals surface area (Å²) in [5.74, 6) is 0. The Balaban J connectivity index is 2.31. The van der Waals surface area contributed by atoms with Crippen LogP contribution in [0.15, 0.2) is 40.8 Å². The minimum Gasteiger partial charge on any atom is -0.248 e. The number of rotatable bonds is 2. The van der Waals surface area contributed by atoms with E-state index in [-0.39, 0.29) is 0 Å². The molecule has 0 aromatic carbocycles. The Morgan fingerprint density at radius 2 is 2.12 bits per heavy atom. The second kappa shape index (κ2) is 4.73. The Morgan fingerprint density at radius 1 is 1.25 bits per heavy atom. The number of hydrogen-bond acceptors (Lipinski definition) is 5. The largest absolute Gasteiger partial charge is 0.248 e. The molecule has 2 aromatic heterocycles. The predicted molar refractivity (Wildman–Crippen MR) is 59.8 cm³/mol. The lowest BCUT2D eigenvalue weighted by molar-refractivity contribution is 0.927. The number of aryl methyl sites for hydroxylation is 1. The van der Waals surface area contributed by atoms with Gasteiger partial charge in [0.1, 0.15) is 11.1 Å². The maximum Gasteiger partial charge on any atom is 0.194 e. The van der Waals surface area contributed by atoms with E-state index in [4.69, 9.17) is 5.26 Å². The Labute approximate surface area is 97.4 Å². The van der Waals surface area contributed by atoms with Crippen molar-refractivity contribution in [3.8, 4) is 6.07 Å². The Bertz CT molecular complexity index is 548. The van der Waals surface area contributed by atoms with Gasteiger partial charge >= 0.3 is 0 Å². The van der Waals surface area contributed by atoms with Crippen molar-refractivity contribution in [3.63, 3.8) is 0 Å². The van der Waals surface area contributed by atoms with Crippen LogP contribution in [0, 0.1) is 18.3 Å². The molecular weight excluding hydrogens is 220 g/mol. The summed E-state index contributed by atoms with van der Waals surface area (Å²) in [6.45, 7) is 1.90. The van der Waals surface area contributed by atoms with Crippen molar-refractivity contribution in [1.82, 2.24) is 15.0 Å². The lowest BCUT2D eigenvalue weighted by atomic mass is 10.3. The van der Waals surface area contributed by atoms with Crippen molar-refractivity contribution in [2.24, 2.45) is 0 Å². The maximum absolute atomic E-state index is 8.91.